The number of aliphatic hydroxyl groups excluding tert-OH is 2. The lowest BCUT2D eigenvalue weighted by Crippen LogP contribution is -2.41. The molecule has 4 aromatic rings. The first kappa shape index (κ1) is 27.9. The van der Waals surface area contributed by atoms with Gasteiger partial charge in [0.25, 0.3) is 5.56 Å². The van der Waals surface area contributed by atoms with Crippen molar-refractivity contribution in [3.63, 3.8) is 0 Å². The summed E-state index contributed by atoms with van der Waals surface area (Å²) in [5.41, 5.74) is 8.23. The molecule has 0 aromatic carbocycles. The van der Waals surface area contributed by atoms with E-state index in [1.165, 1.54) is 12.7 Å². The van der Waals surface area contributed by atoms with E-state index in [1.54, 1.807) is 11.5 Å². The summed E-state index contributed by atoms with van der Waals surface area (Å²) in [6.45, 7) is -3.79. The van der Waals surface area contributed by atoms with E-state index in [4.69, 9.17) is 37.3 Å². The summed E-state index contributed by atoms with van der Waals surface area (Å²) < 4.78 is 35.6. The smallest absolute Gasteiger partial charge is 0.282 e. The molecule has 2 aliphatic rings. The maximum absolute atomic E-state index is 15.6. The second-order valence-corrected chi connectivity index (χ2v) is 13.4. The molecule has 0 aliphatic carbocycles. The molecule has 6 heterocycles. The van der Waals surface area contributed by atoms with Crippen LogP contribution in [0.5, 0.6) is 0 Å². The summed E-state index contributed by atoms with van der Waals surface area (Å²) in [6.07, 6.45) is -3.88. The van der Waals surface area contributed by atoms with E-state index in [1.807, 2.05) is 0 Å². The van der Waals surface area contributed by atoms with Crippen LogP contribution in [-0.4, -0.2) is 102 Å². The molecule has 0 radical (unpaired) electrons. The number of rotatable bonds is 7. The predicted molar refractivity (Wildman–Crippen MR) is 141 cm³/mol. The predicted octanol–water partition coefficient (Wildman–Crippen LogP) is -1.53. The topological polar surface area (TPSA) is 260 Å². The molecule has 0 amide bonds. The van der Waals surface area contributed by atoms with Crippen molar-refractivity contribution in [2.75, 3.05) is 24.7 Å². The van der Waals surface area contributed by atoms with Gasteiger partial charge in [0.05, 0.1) is 25.6 Å². The van der Waals surface area contributed by atoms with Crippen LogP contribution in [-0.2, 0) is 25.8 Å². The van der Waals surface area contributed by atoms with Crippen LogP contribution in [0, 0.1) is 0 Å². The van der Waals surface area contributed by atoms with Crippen LogP contribution in [0.3, 0.4) is 0 Å². The van der Waals surface area contributed by atoms with E-state index in [0.717, 1.165) is 4.68 Å². The lowest BCUT2D eigenvalue weighted by atomic mass is 10.0. The fourth-order valence-electron chi connectivity index (χ4n) is 4.99. The summed E-state index contributed by atoms with van der Waals surface area (Å²) >= 11 is 5.40. The molecule has 8 atom stereocenters. The zero-order chi connectivity index (χ0) is 29.3. The average Bonchev–Trinajstić information content (AvgIpc) is 3.67. The number of aliphatic hydroxyl groups is 2. The number of imidazole rings is 1. The van der Waals surface area contributed by atoms with E-state index in [0.29, 0.717) is 11.2 Å². The first-order valence-electron chi connectivity index (χ1n) is 12.2. The van der Waals surface area contributed by atoms with Gasteiger partial charge in [-0.15, -0.1) is 5.10 Å². The Morgan fingerprint density at radius 2 is 2.10 bits per heavy atom. The van der Waals surface area contributed by atoms with Crippen LogP contribution in [0.25, 0.3) is 22.3 Å². The van der Waals surface area contributed by atoms with Gasteiger partial charge in [-0.2, -0.15) is 9.67 Å². The molecule has 18 nitrogen and oxygen atoms in total. The third kappa shape index (κ3) is 4.56. The van der Waals surface area contributed by atoms with Gasteiger partial charge in [0.2, 0.25) is 5.95 Å². The summed E-state index contributed by atoms with van der Waals surface area (Å²) in [7, 11) is 0. The second kappa shape index (κ2) is 9.95. The highest BCUT2D eigenvalue weighted by molar-refractivity contribution is 8.09. The third-order valence-corrected chi connectivity index (χ3v) is 10.0. The minimum atomic E-state index is -4.15. The van der Waals surface area contributed by atoms with Crippen LogP contribution >= 0.6 is 6.49 Å². The van der Waals surface area contributed by atoms with Gasteiger partial charge in [-0.25, -0.2) is 19.3 Å². The van der Waals surface area contributed by atoms with Gasteiger partial charge in [0.1, 0.15) is 41.6 Å². The zero-order valence-corrected chi connectivity index (χ0v) is 22.9. The van der Waals surface area contributed by atoms with Gasteiger partial charge in [-0.05, 0) is 18.7 Å². The SMILES string of the molecule is C[C@]1(COP(O)(=S)[C@@H]2[C@@H](F)[C@@H](CO)O[C@H]2n2nnc3c(=O)[nH]c(N)nc32)O[C@@H](n2cnc3c(N)ncnc32)C[C@@H]1O. The number of nitrogen functional groups attached to an aromatic ring is 2. The molecule has 21 heteroatoms. The Kier molecular flexibility index (Phi) is 6.77. The molecule has 0 bridgehead atoms. The van der Waals surface area contributed by atoms with E-state index in [9.17, 15) is 19.9 Å². The number of nitrogens with zero attached hydrogens (tertiary/aromatic N) is 8. The van der Waals surface area contributed by atoms with Crippen molar-refractivity contribution >= 4 is 52.4 Å². The van der Waals surface area contributed by atoms with Crippen LogP contribution in [0.4, 0.5) is 16.2 Å². The Bertz CT molecular complexity index is 1740. The number of H-pyrrole nitrogens is 1. The normalized spacial score (nSPS) is 31.7. The molecular weight excluding hydrogens is 588 g/mol. The molecule has 1 unspecified atom stereocenters. The first-order valence-corrected chi connectivity index (χ1v) is 14.9. The minimum Gasteiger partial charge on any atom is -0.394 e. The largest absolute Gasteiger partial charge is 0.394 e. The fourth-order valence-corrected chi connectivity index (χ4v) is 7.50. The van der Waals surface area contributed by atoms with E-state index in [-0.39, 0.29) is 29.4 Å². The van der Waals surface area contributed by atoms with E-state index < -0.39 is 67.4 Å². The molecule has 0 saturated carbocycles. The summed E-state index contributed by atoms with van der Waals surface area (Å²) in [5.74, 6) is -0.0808. The number of aromatic nitrogens is 9. The van der Waals surface area contributed by atoms with Gasteiger partial charge < -0.3 is 40.6 Å². The standard InChI is InChI=1S/C20H25FN11O7PS/c1-20(8(34)2-9(39-20)31-6-26-11-14(22)24-5-25-15(11)31)4-37-40(36,41)13-10(21)7(3-33)38-18(13)32-16-12(29-30-32)17(35)28-19(23)27-16/h5-10,13,18,33-34H,2-4H2,1H3,(H,36,41)(H2,22,24,25)(H3,23,27,28,35)/t7-,8+,9-,10+,13-,18-,20-,40?/m1/s1. The quantitative estimate of drug-likeness (QED) is 0.129. The summed E-state index contributed by atoms with van der Waals surface area (Å²) in [5, 5.41) is 28.2. The average molecular weight is 614 g/mol. The molecule has 41 heavy (non-hydrogen) atoms. The monoisotopic (exact) mass is 613 g/mol. The maximum atomic E-state index is 15.6. The van der Waals surface area contributed by atoms with Crippen molar-refractivity contribution in [1.82, 2.24) is 44.5 Å². The number of nitrogens with one attached hydrogen (secondary N) is 1. The molecule has 220 valence electrons. The highest BCUT2D eigenvalue weighted by Crippen LogP contribution is 2.59. The number of hydrogen-bond acceptors (Lipinski definition) is 15. The Labute approximate surface area is 233 Å². The molecule has 6 rings (SSSR count). The Hall–Kier alpha value is -3.23. The minimum absolute atomic E-state index is 0.101. The maximum Gasteiger partial charge on any atom is 0.282 e. The van der Waals surface area contributed by atoms with Crippen LogP contribution in [0.15, 0.2) is 17.4 Å². The molecule has 2 saturated heterocycles. The third-order valence-electron chi connectivity index (χ3n) is 7.21. The number of anilines is 2. The Morgan fingerprint density at radius 1 is 1.32 bits per heavy atom. The zero-order valence-electron chi connectivity index (χ0n) is 21.2. The Morgan fingerprint density at radius 3 is 2.85 bits per heavy atom. The van der Waals surface area contributed by atoms with Gasteiger partial charge in [0, 0.05) is 6.42 Å². The van der Waals surface area contributed by atoms with Crippen molar-refractivity contribution in [2.24, 2.45) is 0 Å². The number of hydrogen-bond donors (Lipinski definition) is 6. The van der Waals surface area contributed by atoms with Crippen molar-refractivity contribution in [2.45, 2.75) is 55.4 Å². The lowest BCUT2D eigenvalue weighted by Gasteiger charge is -2.32. The number of halogens is 1. The fraction of sp³-hybridized carbons (Fsp3) is 0.550. The van der Waals surface area contributed by atoms with Crippen molar-refractivity contribution in [3.8, 4) is 0 Å². The second-order valence-electron chi connectivity index (χ2n) is 9.90. The molecule has 4 aromatic heterocycles. The lowest BCUT2D eigenvalue weighted by molar-refractivity contribution is -0.110. The number of aromatic amines is 1. The van der Waals surface area contributed by atoms with E-state index >= 15 is 4.39 Å². The molecule has 2 fully saturated rings. The number of fused-ring (bicyclic) bond motifs is 2. The molecule has 0 spiro atoms. The highest BCUT2D eigenvalue weighted by atomic mass is 32.5. The van der Waals surface area contributed by atoms with Gasteiger partial charge in [0.15, 0.2) is 35.3 Å². The van der Waals surface area contributed by atoms with Gasteiger partial charge >= 0.3 is 0 Å². The molecular formula is C20H25FN11O7PS. The first-order chi connectivity index (χ1) is 19.4. The van der Waals surface area contributed by atoms with Gasteiger partial charge in [-0.3, -0.25) is 14.3 Å². The number of alkyl halides is 1. The van der Waals surface area contributed by atoms with Crippen molar-refractivity contribution in [1.29, 1.82) is 0 Å². The molecule has 2 aliphatic heterocycles. The summed E-state index contributed by atoms with van der Waals surface area (Å²) in [6, 6.07) is 0. The summed E-state index contributed by atoms with van der Waals surface area (Å²) in [4.78, 5) is 42.2. The van der Waals surface area contributed by atoms with Crippen molar-refractivity contribution < 1.29 is 33.5 Å². The van der Waals surface area contributed by atoms with Crippen LogP contribution in [0.2, 0.25) is 0 Å². The van der Waals surface area contributed by atoms with Crippen LogP contribution < -0.4 is 17.0 Å². The highest BCUT2D eigenvalue weighted by Gasteiger charge is 2.55. The van der Waals surface area contributed by atoms with Crippen LogP contribution in [0.1, 0.15) is 25.8 Å². The molecule has 8 N–H and O–H groups in total. The van der Waals surface area contributed by atoms with Gasteiger partial charge in [-0.1, -0.05) is 5.21 Å². The van der Waals surface area contributed by atoms with E-state index in [2.05, 4.69) is 35.2 Å². The van der Waals surface area contributed by atoms with Crippen molar-refractivity contribution in [3.05, 3.63) is 23.0 Å². The number of ether oxygens (including phenoxy) is 2. The number of nitrogens with two attached hydrogens (primary N) is 2. The Balaban J connectivity index is 1.26.